The van der Waals surface area contributed by atoms with Gasteiger partial charge in [-0.15, -0.1) is 0 Å². The van der Waals surface area contributed by atoms with Crippen molar-refractivity contribution in [3.05, 3.63) is 34.7 Å². The Kier molecular flexibility index (Phi) is 5.32. The molecule has 1 aromatic heterocycles. The van der Waals surface area contributed by atoms with Crippen LogP contribution < -0.4 is 0 Å². The number of rotatable bonds is 2. The summed E-state index contributed by atoms with van der Waals surface area (Å²) >= 11 is 0. The lowest BCUT2D eigenvalue weighted by Gasteiger charge is -2.27. The summed E-state index contributed by atoms with van der Waals surface area (Å²) in [6, 6.07) is 5.18. The molecule has 1 fully saturated rings. The zero-order valence-electron chi connectivity index (χ0n) is 14.8. The van der Waals surface area contributed by atoms with E-state index in [2.05, 4.69) is 0 Å². The second-order valence-corrected chi connectivity index (χ2v) is 8.47. The van der Waals surface area contributed by atoms with Gasteiger partial charge in [0.15, 0.2) is 4.70 Å². The van der Waals surface area contributed by atoms with Gasteiger partial charge >= 0.3 is 18.2 Å². The van der Waals surface area contributed by atoms with Crippen molar-refractivity contribution in [1.82, 2.24) is 4.90 Å². The number of thiophene rings is 1. The monoisotopic (exact) mass is 402 g/mol. The summed E-state index contributed by atoms with van der Waals surface area (Å²) in [7, 11) is 1.74. The first-order valence-corrected chi connectivity index (χ1v) is 9.62. The van der Waals surface area contributed by atoms with Gasteiger partial charge in [-0.25, -0.2) is 9.59 Å². The number of piperidine rings is 1. The van der Waals surface area contributed by atoms with Crippen LogP contribution in [0, 0.1) is 0 Å². The van der Waals surface area contributed by atoms with Crippen molar-refractivity contribution in [1.29, 1.82) is 0 Å². The van der Waals surface area contributed by atoms with Crippen LogP contribution >= 0.6 is 10.5 Å². The molecule has 2 heterocycles. The highest BCUT2D eigenvalue weighted by Crippen LogP contribution is 2.49. The van der Waals surface area contributed by atoms with E-state index in [0.29, 0.717) is 40.9 Å². The molecule has 9 heteroatoms. The van der Waals surface area contributed by atoms with Crippen molar-refractivity contribution in [3.63, 3.8) is 0 Å². The van der Waals surface area contributed by atoms with Crippen LogP contribution in [-0.2, 0) is 15.7 Å². The lowest BCUT2D eigenvalue weighted by Crippen LogP contribution is -2.37. The van der Waals surface area contributed by atoms with Gasteiger partial charge in [0.25, 0.3) is 4.88 Å². The lowest BCUT2D eigenvalue weighted by atomic mass is 10.1. The molecular weight excluding hydrogens is 383 g/mol. The van der Waals surface area contributed by atoms with Gasteiger partial charge in [-0.2, -0.15) is 13.2 Å². The molecule has 1 saturated heterocycles. The molecule has 0 aliphatic carbocycles. The van der Waals surface area contributed by atoms with E-state index >= 15 is 0 Å². The molecule has 1 unspecified atom stereocenters. The summed E-state index contributed by atoms with van der Waals surface area (Å²) in [5, 5.41) is 0.572. The lowest BCUT2D eigenvalue weighted by molar-refractivity contribution is -0.137. The number of alkyl halides is 3. The molecule has 3 rings (SSSR count). The number of ether oxygens (including phenoxy) is 2. The quantitative estimate of drug-likeness (QED) is 0.535. The van der Waals surface area contributed by atoms with Crippen LogP contribution in [0.4, 0.5) is 18.0 Å². The maximum atomic E-state index is 13.2. The first-order valence-electron chi connectivity index (χ1n) is 8.33. The van der Waals surface area contributed by atoms with E-state index in [1.807, 2.05) is 0 Å². The summed E-state index contributed by atoms with van der Waals surface area (Å²) in [5.74, 6) is -0.529. The largest absolute Gasteiger partial charge is 0.462 e. The molecule has 1 atom stereocenters. The molecule has 0 spiro atoms. The predicted octanol–water partition coefficient (Wildman–Crippen LogP) is 4.80. The average Bonchev–Trinajstić information content (AvgIpc) is 3.04. The number of nitrogens with zero attached hydrogens (tertiary/aromatic N) is 1. The van der Waals surface area contributed by atoms with Crippen LogP contribution in [0.15, 0.2) is 24.3 Å². The fourth-order valence-corrected chi connectivity index (χ4v) is 6.14. The zero-order chi connectivity index (χ0) is 19.8. The summed E-state index contributed by atoms with van der Waals surface area (Å²) < 4.78 is 49.6. The van der Waals surface area contributed by atoms with Crippen molar-refractivity contribution in [2.24, 2.45) is 0 Å². The molecule has 0 bridgehead atoms. The number of carbonyl (C=O) groups is 2. The van der Waals surface area contributed by atoms with Crippen molar-refractivity contribution < 1.29 is 32.2 Å². The summed E-state index contributed by atoms with van der Waals surface area (Å²) in [4.78, 5) is 25.9. The molecule has 5 nitrogen and oxygen atoms in total. The van der Waals surface area contributed by atoms with Gasteiger partial charge in [-0.1, -0.05) is 0 Å². The van der Waals surface area contributed by atoms with E-state index in [0.717, 1.165) is 12.1 Å². The Bertz CT molecular complexity index is 869. The number of benzene rings is 1. The average molecular weight is 402 g/mol. The first-order chi connectivity index (χ1) is 12.8. The highest BCUT2D eigenvalue weighted by atomic mass is 32.2. The standard InChI is InChI=1S/C18H19F3NO4S/c1-25-16(23)15-9-11-3-4-12(18(19,20)21)10-14(11)27(15)13-5-7-22(8-6-13)17(24)26-2/h3-4,9-10,13H,5-8H2,1-2H3/q+1. The Hall–Kier alpha value is -2.29. The Morgan fingerprint density at radius 2 is 1.78 bits per heavy atom. The Morgan fingerprint density at radius 1 is 1.11 bits per heavy atom. The third-order valence-electron chi connectivity index (χ3n) is 4.70. The van der Waals surface area contributed by atoms with Crippen molar-refractivity contribution in [2.45, 2.75) is 24.3 Å². The third kappa shape index (κ3) is 3.73. The number of likely N-dealkylation sites (tertiary alicyclic amines) is 1. The maximum Gasteiger partial charge on any atom is 0.416 e. The van der Waals surface area contributed by atoms with E-state index in [9.17, 15) is 22.8 Å². The van der Waals surface area contributed by atoms with Crippen molar-refractivity contribution >= 4 is 32.6 Å². The minimum Gasteiger partial charge on any atom is -0.462 e. The molecule has 0 saturated carbocycles. The van der Waals surface area contributed by atoms with Crippen LogP contribution in [0.5, 0.6) is 0 Å². The highest BCUT2D eigenvalue weighted by Gasteiger charge is 2.39. The van der Waals surface area contributed by atoms with Crippen LogP contribution in [-0.4, -0.2) is 44.3 Å². The molecular formula is C18H19F3NO4S+. The SMILES string of the molecule is COC(=O)c1cc2ccc(C(F)(F)F)cc2[s+]1C1CCN(C(=O)OC)CC1. The number of hydrogen-bond acceptors (Lipinski definition) is 4. The second kappa shape index (κ2) is 7.38. The zero-order valence-corrected chi connectivity index (χ0v) is 15.7. The van der Waals surface area contributed by atoms with E-state index in [4.69, 9.17) is 9.47 Å². The molecule has 1 aromatic carbocycles. The van der Waals surface area contributed by atoms with E-state index in [-0.39, 0.29) is 5.25 Å². The Labute approximate surface area is 156 Å². The fraction of sp³-hybridized carbons (Fsp3) is 0.444. The molecule has 1 aliphatic heterocycles. The number of carbonyl (C=O) groups excluding carboxylic acids is 2. The molecule has 146 valence electrons. The minimum absolute atomic E-state index is 0.0408. The van der Waals surface area contributed by atoms with Crippen molar-refractivity contribution in [3.8, 4) is 0 Å². The van der Waals surface area contributed by atoms with E-state index in [1.54, 1.807) is 11.0 Å². The number of halogens is 3. The predicted molar refractivity (Wildman–Crippen MR) is 95.0 cm³/mol. The van der Waals surface area contributed by atoms with E-state index < -0.39 is 34.3 Å². The van der Waals surface area contributed by atoms with Gasteiger partial charge in [-0.05, 0) is 12.1 Å². The number of methoxy groups -OCH3 is 2. The normalized spacial score (nSPS) is 16.5. The van der Waals surface area contributed by atoms with Crippen LogP contribution in [0.2, 0.25) is 0 Å². The molecule has 2 aromatic rings. The topological polar surface area (TPSA) is 55.8 Å². The summed E-state index contributed by atoms with van der Waals surface area (Å²) in [6.45, 7) is 0.868. The second-order valence-electron chi connectivity index (χ2n) is 6.24. The first kappa shape index (κ1) is 19.5. The third-order valence-corrected chi connectivity index (χ3v) is 7.42. The van der Waals surface area contributed by atoms with Gasteiger partial charge in [-0.3, -0.25) is 0 Å². The minimum atomic E-state index is -4.45. The molecule has 0 radical (unpaired) electrons. The Balaban J connectivity index is 2.04. The molecule has 1 amide bonds. The molecule has 0 N–H and O–H groups in total. The maximum absolute atomic E-state index is 13.2. The summed E-state index contributed by atoms with van der Waals surface area (Å²) in [6.07, 6.45) is -3.73. The highest BCUT2D eigenvalue weighted by molar-refractivity contribution is 7.39. The number of esters is 1. The van der Waals surface area contributed by atoms with Gasteiger partial charge in [0, 0.05) is 53.9 Å². The van der Waals surface area contributed by atoms with Crippen LogP contribution in [0.1, 0.15) is 33.3 Å². The van der Waals surface area contributed by atoms with Gasteiger partial charge < -0.3 is 14.4 Å². The van der Waals surface area contributed by atoms with Crippen LogP contribution in [0.25, 0.3) is 10.1 Å². The molecule has 1 aliphatic rings. The summed E-state index contributed by atoms with van der Waals surface area (Å²) in [5.41, 5.74) is -0.731. The van der Waals surface area contributed by atoms with Gasteiger partial charge in [0.05, 0.1) is 19.8 Å². The number of amides is 1. The smallest absolute Gasteiger partial charge is 0.416 e. The van der Waals surface area contributed by atoms with Gasteiger partial charge in [0.2, 0.25) is 0 Å². The van der Waals surface area contributed by atoms with Crippen molar-refractivity contribution in [2.75, 3.05) is 27.3 Å². The Morgan fingerprint density at radius 3 is 2.33 bits per heavy atom. The number of hydrogen-bond donors (Lipinski definition) is 0. The number of fused-ring (bicyclic) bond motifs is 1. The van der Waals surface area contributed by atoms with Crippen LogP contribution in [0.3, 0.4) is 0 Å². The van der Waals surface area contributed by atoms with E-state index in [1.165, 1.54) is 20.3 Å². The van der Waals surface area contributed by atoms with Gasteiger partial charge in [0.1, 0.15) is 5.25 Å². The fourth-order valence-electron chi connectivity index (χ4n) is 3.36. The molecule has 27 heavy (non-hydrogen) atoms.